The summed E-state index contributed by atoms with van der Waals surface area (Å²) in [6.45, 7) is 0. The summed E-state index contributed by atoms with van der Waals surface area (Å²) in [5, 5.41) is 0. The Morgan fingerprint density at radius 2 is 1.68 bits per heavy atom. The number of aryl methyl sites for hydroxylation is 1. The second-order valence-electron chi connectivity index (χ2n) is 4.12. The van der Waals surface area contributed by atoms with Gasteiger partial charge in [-0.1, -0.05) is 18.2 Å². The maximum absolute atomic E-state index is 12.2. The summed E-state index contributed by atoms with van der Waals surface area (Å²) in [4.78, 5) is 39.9. The number of fused-ring (bicyclic) bond motifs is 1. The Balaban J connectivity index is 2.57. The molecule has 0 aliphatic carbocycles. The van der Waals surface area contributed by atoms with Gasteiger partial charge in [0.05, 0.1) is 5.69 Å². The van der Waals surface area contributed by atoms with Gasteiger partial charge in [0.15, 0.2) is 11.2 Å². The molecule has 0 fully saturated rings. The van der Waals surface area contributed by atoms with Gasteiger partial charge >= 0.3 is 11.4 Å². The first kappa shape index (κ1) is 11.3. The fourth-order valence-corrected chi connectivity index (χ4v) is 2.10. The molecule has 19 heavy (non-hydrogen) atoms. The number of hydrogen-bond donors (Lipinski definition) is 2. The van der Waals surface area contributed by atoms with Crippen LogP contribution in [0, 0.1) is 0 Å². The van der Waals surface area contributed by atoms with E-state index in [2.05, 4.69) is 9.97 Å². The minimum absolute atomic E-state index is 0.133. The van der Waals surface area contributed by atoms with E-state index in [4.69, 9.17) is 0 Å². The average molecular weight is 258 g/mol. The maximum atomic E-state index is 12.2. The number of rotatable bonds is 1. The molecule has 1 aromatic carbocycles. The molecule has 96 valence electrons. The second kappa shape index (κ2) is 3.84. The summed E-state index contributed by atoms with van der Waals surface area (Å²) < 4.78 is 2.50. The predicted molar refractivity (Wildman–Crippen MR) is 69.8 cm³/mol. The molecular formula is C12H10N4O3. The highest BCUT2D eigenvalue weighted by atomic mass is 16.2. The number of aromatic amines is 2. The number of imidazole rings is 1. The highest BCUT2D eigenvalue weighted by Gasteiger charge is 2.15. The van der Waals surface area contributed by atoms with Crippen molar-refractivity contribution in [2.45, 2.75) is 0 Å². The number of nitrogens with zero attached hydrogens (tertiary/aromatic N) is 2. The van der Waals surface area contributed by atoms with Crippen LogP contribution in [0.5, 0.6) is 0 Å². The lowest BCUT2D eigenvalue weighted by Crippen LogP contribution is -2.23. The van der Waals surface area contributed by atoms with Crippen LogP contribution >= 0.6 is 0 Å². The van der Waals surface area contributed by atoms with E-state index in [-0.39, 0.29) is 11.2 Å². The van der Waals surface area contributed by atoms with Gasteiger partial charge in [-0.2, -0.15) is 0 Å². The topological polar surface area (TPSA) is 92.7 Å². The zero-order chi connectivity index (χ0) is 13.6. The number of para-hydroxylation sites is 1. The molecule has 7 heteroatoms. The van der Waals surface area contributed by atoms with Gasteiger partial charge in [0, 0.05) is 7.05 Å². The largest absolute Gasteiger partial charge is 0.334 e. The fourth-order valence-electron chi connectivity index (χ4n) is 2.10. The molecule has 0 spiro atoms. The van der Waals surface area contributed by atoms with Crippen LogP contribution in [0.2, 0.25) is 0 Å². The third-order valence-electron chi connectivity index (χ3n) is 2.95. The van der Waals surface area contributed by atoms with Crippen molar-refractivity contribution < 1.29 is 0 Å². The number of H-pyrrole nitrogens is 2. The SMILES string of the molecule is Cn1c(=O)n(-c2ccccc2)c2[nH]c(=O)[nH]c(=O)c21. The number of hydrogen-bond acceptors (Lipinski definition) is 3. The first-order chi connectivity index (χ1) is 9.09. The smallest absolute Gasteiger partial charge is 0.291 e. The molecule has 3 rings (SSSR count). The third kappa shape index (κ3) is 1.55. The number of benzene rings is 1. The minimum Gasteiger partial charge on any atom is -0.291 e. The number of nitrogens with one attached hydrogen (secondary N) is 2. The van der Waals surface area contributed by atoms with Gasteiger partial charge in [0.25, 0.3) is 5.56 Å². The van der Waals surface area contributed by atoms with Crippen molar-refractivity contribution in [3.05, 3.63) is 61.7 Å². The lowest BCUT2D eigenvalue weighted by molar-refractivity contribution is 0.842. The van der Waals surface area contributed by atoms with Crippen LogP contribution in [0.1, 0.15) is 0 Å². The molecule has 2 aromatic heterocycles. The average Bonchev–Trinajstić information content (AvgIpc) is 2.63. The van der Waals surface area contributed by atoms with E-state index >= 15 is 0 Å². The summed E-state index contributed by atoms with van der Waals surface area (Å²) in [7, 11) is 1.48. The molecule has 0 radical (unpaired) electrons. The van der Waals surface area contributed by atoms with Gasteiger partial charge < -0.3 is 0 Å². The monoisotopic (exact) mass is 258 g/mol. The van der Waals surface area contributed by atoms with Crippen LogP contribution in [0.3, 0.4) is 0 Å². The van der Waals surface area contributed by atoms with E-state index in [0.717, 1.165) is 0 Å². The van der Waals surface area contributed by atoms with Crippen molar-refractivity contribution in [1.29, 1.82) is 0 Å². The van der Waals surface area contributed by atoms with E-state index in [1.807, 2.05) is 6.07 Å². The molecule has 3 aromatic rings. The minimum atomic E-state index is -0.646. The molecule has 0 unspecified atom stereocenters. The Morgan fingerprint density at radius 3 is 2.37 bits per heavy atom. The van der Waals surface area contributed by atoms with Crippen LogP contribution in [0.15, 0.2) is 44.7 Å². The van der Waals surface area contributed by atoms with Gasteiger partial charge in [0.2, 0.25) is 0 Å². The van der Waals surface area contributed by atoms with E-state index in [9.17, 15) is 14.4 Å². The lowest BCUT2D eigenvalue weighted by atomic mass is 10.3. The Bertz CT molecular complexity index is 927. The quantitative estimate of drug-likeness (QED) is 0.628. The molecule has 0 saturated carbocycles. The van der Waals surface area contributed by atoms with E-state index in [1.165, 1.54) is 16.2 Å². The normalized spacial score (nSPS) is 11.0. The van der Waals surface area contributed by atoms with E-state index in [1.54, 1.807) is 24.3 Å². The molecular weight excluding hydrogens is 248 g/mol. The number of aromatic nitrogens is 4. The van der Waals surface area contributed by atoms with Crippen LogP contribution in [0.4, 0.5) is 0 Å². The highest BCUT2D eigenvalue weighted by Crippen LogP contribution is 2.10. The van der Waals surface area contributed by atoms with Crippen molar-refractivity contribution in [3.63, 3.8) is 0 Å². The van der Waals surface area contributed by atoms with Crippen molar-refractivity contribution in [2.24, 2.45) is 7.05 Å². The van der Waals surface area contributed by atoms with Crippen molar-refractivity contribution >= 4 is 11.2 Å². The van der Waals surface area contributed by atoms with E-state index < -0.39 is 16.9 Å². The van der Waals surface area contributed by atoms with Crippen LogP contribution < -0.4 is 16.9 Å². The molecule has 0 saturated heterocycles. The zero-order valence-electron chi connectivity index (χ0n) is 10.0. The Kier molecular flexibility index (Phi) is 2.28. The summed E-state index contributed by atoms with van der Waals surface area (Å²) in [6, 6.07) is 8.80. The molecule has 0 aliphatic rings. The summed E-state index contributed by atoms with van der Waals surface area (Å²) >= 11 is 0. The molecule has 2 N–H and O–H groups in total. The Labute approximate surface area is 105 Å². The molecule has 0 atom stereocenters. The molecule has 0 amide bonds. The lowest BCUT2D eigenvalue weighted by Gasteiger charge is -2.01. The zero-order valence-corrected chi connectivity index (χ0v) is 10.0. The predicted octanol–water partition coefficient (Wildman–Crippen LogP) is -0.294. The van der Waals surface area contributed by atoms with Gasteiger partial charge in [-0.25, -0.2) is 14.2 Å². The van der Waals surface area contributed by atoms with Gasteiger partial charge in [0.1, 0.15) is 0 Å². The van der Waals surface area contributed by atoms with Gasteiger partial charge in [-0.15, -0.1) is 0 Å². The standard InChI is InChI=1S/C12H10N4O3/c1-15-8-9(13-11(18)14-10(8)17)16(12(15)19)7-5-3-2-4-6-7/h2-6H,1H3,(H2,13,14,17,18). The third-order valence-corrected chi connectivity index (χ3v) is 2.95. The summed E-state index contributed by atoms with van der Waals surface area (Å²) in [5.74, 6) is 0. The van der Waals surface area contributed by atoms with Crippen LogP contribution in [-0.4, -0.2) is 19.1 Å². The molecule has 0 bridgehead atoms. The molecule has 0 aliphatic heterocycles. The van der Waals surface area contributed by atoms with Gasteiger partial charge in [-0.05, 0) is 12.1 Å². The van der Waals surface area contributed by atoms with Gasteiger partial charge in [-0.3, -0.25) is 19.3 Å². The molecule has 7 nitrogen and oxygen atoms in total. The first-order valence-corrected chi connectivity index (χ1v) is 5.59. The summed E-state index contributed by atoms with van der Waals surface area (Å²) in [5.41, 5.74) is -0.727. The van der Waals surface area contributed by atoms with E-state index in [0.29, 0.717) is 5.69 Å². The van der Waals surface area contributed by atoms with Crippen molar-refractivity contribution in [3.8, 4) is 5.69 Å². The van der Waals surface area contributed by atoms with Crippen molar-refractivity contribution in [1.82, 2.24) is 19.1 Å². The fraction of sp³-hybridized carbons (Fsp3) is 0.0833. The molecule has 2 heterocycles. The van der Waals surface area contributed by atoms with Crippen molar-refractivity contribution in [2.75, 3.05) is 0 Å². The first-order valence-electron chi connectivity index (χ1n) is 5.59. The Morgan fingerprint density at radius 1 is 1.00 bits per heavy atom. The van der Waals surface area contributed by atoms with Crippen LogP contribution in [-0.2, 0) is 7.05 Å². The Hall–Kier alpha value is -2.83. The van der Waals surface area contributed by atoms with Crippen LogP contribution in [0.25, 0.3) is 16.9 Å². The maximum Gasteiger partial charge on any atom is 0.334 e. The highest BCUT2D eigenvalue weighted by molar-refractivity contribution is 5.72. The second-order valence-corrected chi connectivity index (χ2v) is 4.12. The summed E-state index contributed by atoms with van der Waals surface area (Å²) in [6.07, 6.45) is 0.